The average Bonchev–Trinajstić information content (AvgIpc) is 2.29. The number of likely N-dealkylation sites (N-methyl/N-ethyl adjacent to an activating group) is 1. The molecule has 0 aromatic rings. The summed E-state index contributed by atoms with van der Waals surface area (Å²) >= 11 is 0. The molecule has 2 unspecified atom stereocenters. The third-order valence-corrected chi connectivity index (χ3v) is 3.78. The predicted octanol–water partition coefficient (Wildman–Crippen LogP) is 1.55. The van der Waals surface area contributed by atoms with Gasteiger partial charge in [0.25, 0.3) is 0 Å². The van der Waals surface area contributed by atoms with Crippen molar-refractivity contribution in [2.24, 2.45) is 0 Å². The molecule has 0 aromatic heterocycles. The fraction of sp³-hybridized carbons (Fsp3) is 1.00. The summed E-state index contributed by atoms with van der Waals surface area (Å²) in [6.45, 7) is 5.93. The second-order valence-electron chi connectivity index (χ2n) is 4.97. The molecule has 0 aliphatic carbocycles. The van der Waals surface area contributed by atoms with E-state index in [1.807, 2.05) is 7.05 Å². The molecule has 3 nitrogen and oxygen atoms in total. The lowest BCUT2D eigenvalue weighted by Crippen LogP contribution is -2.55. The minimum absolute atomic E-state index is 0.369. The Labute approximate surface area is 107 Å². The van der Waals surface area contributed by atoms with E-state index in [1.165, 1.54) is 4.90 Å². The molecule has 1 heterocycles. The predicted molar refractivity (Wildman–Crippen MR) is 66.7 cm³/mol. The molecule has 1 rings (SSSR count). The fourth-order valence-electron chi connectivity index (χ4n) is 2.62. The zero-order valence-electron chi connectivity index (χ0n) is 11.4. The summed E-state index contributed by atoms with van der Waals surface area (Å²) in [5, 5.41) is 3.26. The standard InChI is InChI=1S/C12H24F3N3/c1-4-11(16-3)10(2)18-7-5-17(6-8-18)9-12(13,14)15/h10-11,16H,4-9H2,1-3H3. The van der Waals surface area contributed by atoms with Gasteiger partial charge < -0.3 is 5.32 Å². The first-order valence-corrected chi connectivity index (χ1v) is 6.57. The zero-order valence-corrected chi connectivity index (χ0v) is 11.4. The maximum absolute atomic E-state index is 12.3. The van der Waals surface area contributed by atoms with E-state index in [9.17, 15) is 13.2 Å². The van der Waals surface area contributed by atoms with Gasteiger partial charge in [-0.25, -0.2) is 0 Å². The molecule has 1 saturated heterocycles. The van der Waals surface area contributed by atoms with Crippen LogP contribution < -0.4 is 5.32 Å². The van der Waals surface area contributed by atoms with E-state index in [0.29, 0.717) is 25.2 Å². The molecule has 1 N–H and O–H groups in total. The van der Waals surface area contributed by atoms with E-state index in [-0.39, 0.29) is 0 Å². The Bertz CT molecular complexity index is 233. The summed E-state index contributed by atoms with van der Waals surface area (Å²) < 4.78 is 36.8. The Morgan fingerprint density at radius 2 is 1.72 bits per heavy atom. The monoisotopic (exact) mass is 267 g/mol. The summed E-state index contributed by atoms with van der Waals surface area (Å²) in [6, 6.07) is 0.771. The maximum atomic E-state index is 12.3. The highest BCUT2D eigenvalue weighted by Crippen LogP contribution is 2.18. The fourth-order valence-corrected chi connectivity index (χ4v) is 2.62. The van der Waals surface area contributed by atoms with E-state index < -0.39 is 12.7 Å². The van der Waals surface area contributed by atoms with Crippen molar-refractivity contribution in [1.29, 1.82) is 0 Å². The van der Waals surface area contributed by atoms with E-state index in [4.69, 9.17) is 0 Å². The Balaban J connectivity index is 2.39. The van der Waals surface area contributed by atoms with Gasteiger partial charge >= 0.3 is 6.18 Å². The highest BCUT2D eigenvalue weighted by atomic mass is 19.4. The van der Waals surface area contributed by atoms with Crippen LogP contribution in [0.15, 0.2) is 0 Å². The lowest BCUT2D eigenvalue weighted by molar-refractivity contribution is -0.149. The van der Waals surface area contributed by atoms with Crippen molar-refractivity contribution in [1.82, 2.24) is 15.1 Å². The first kappa shape index (κ1) is 15.7. The van der Waals surface area contributed by atoms with Crippen LogP contribution in [0.5, 0.6) is 0 Å². The zero-order chi connectivity index (χ0) is 13.8. The number of hydrogen-bond acceptors (Lipinski definition) is 3. The molecule has 6 heteroatoms. The summed E-state index contributed by atoms with van der Waals surface area (Å²) in [7, 11) is 1.94. The van der Waals surface area contributed by atoms with Crippen molar-refractivity contribution in [3.63, 3.8) is 0 Å². The molecule has 18 heavy (non-hydrogen) atoms. The highest BCUT2D eigenvalue weighted by Gasteiger charge is 2.33. The van der Waals surface area contributed by atoms with Crippen molar-refractivity contribution < 1.29 is 13.2 Å². The molecule has 0 bridgehead atoms. The molecule has 2 atom stereocenters. The summed E-state index contributed by atoms with van der Waals surface area (Å²) in [6.07, 6.45) is -3.05. The van der Waals surface area contributed by atoms with Gasteiger partial charge in [0, 0.05) is 38.3 Å². The Morgan fingerprint density at radius 3 is 2.11 bits per heavy atom. The van der Waals surface area contributed by atoms with Crippen LogP contribution in [0, 0.1) is 0 Å². The smallest absolute Gasteiger partial charge is 0.315 e. The minimum Gasteiger partial charge on any atom is -0.315 e. The van der Waals surface area contributed by atoms with Crippen LogP contribution in [-0.4, -0.2) is 67.8 Å². The SMILES string of the molecule is CCC(NC)C(C)N1CCN(CC(F)(F)F)CC1. The van der Waals surface area contributed by atoms with Crippen molar-refractivity contribution in [3.8, 4) is 0 Å². The molecule has 1 fully saturated rings. The number of rotatable bonds is 5. The summed E-state index contributed by atoms with van der Waals surface area (Å²) in [5.74, 6) is 0. The van der Waals surface area contributed by atoms with Crippen LogP contribution in [-0.2, 0) is 0 Å². The third-order valence-electron chi connectivity index (χ3n) is 3.78. The summed E-state index contributed by atoms with van der Waals surface area (Å²) in [4.78, 5) is 3.76. The first-order chi connectivity index (χ1) is 8.37. The van der Waals surface area contributed by atoms with Crippen LogP contribution >= 0.6 is 0 Å². The second kappa shape index (κ2) is 6.73. The number of alkyl halides is 3. The van der Waals surface area contributed by atoms with Gasteiger partial charge in [0.05, 0.1) is 6.54 Å². The molecular weight excluding hydrogens is 243 g/mol. The van der Waals surface area contributed by atoms with Crippen LogP contribution in [0.1, 0.15) is 20.3 Å². The van der Waals surface area contributed by atoms with Crippen molar-refractivity contribution >= 4 is 0 Å². The molecule has 0 amide bonds. The molecular formula is C12H24F3N3. The second-order valence-corrected chi connectivity index (χ2v) is 4.97. The molecule has 0 spiro atoms. The van der Waals surface area contributed by atoms with Gasteiger partial charge in [-0.1, -0.05) is 6.92 Å². The minimum atomic E-state index is -4.08. The molecule has 1 aliphatic rings. The quantitative estimate of drug-likeness (QED) is 0.815. The lowest BCUT2D eigenvalue weighted by Gasteiger charge is -2.40. The Kier molecular flexibility index (Phi) is 5.88. The number of nitrogens with zero attached hydrogens (tertiary/aromatic N) is 2. The lowest BCUT2D eigenvalue weighted by atomic mass is 10.1. The average molecular weight is 267 g/mol. The number of hydrogen-bond donors (Lipinski definition) is 1. The molecule has 0 saturated carbocycles. The van der Waals surface area contributed by atoms with Crippen LogP contribution in [0.3, 0.4) is 0 Å². The van der Waals surface area contributed by atoms with Crippen molar-refractivity contribution in [2.75, 3.05) is 39.8 Å². The van der Waals surface area contributed by atoms with Crippen LogP contribution in [0.4, 0.5) is 13.2 Å². The largest absolute Gasteiger partial charge is 0.401 e. The van der Waals surface area contributed by atoms with E-state index in [1.54, 1.807) is 0 Å². The van der Waals surface area contributed by atoms with E-state index in [0.717, 1.165) is 19.5 Å². The van der Waals surface area contributed by atoms with Gasteiger partial charge in [0.15, 0.2) is 0 Å². The number of piperazine rings is 1. The topological polar surface area (TPSA) is 18.5 Å². The van der Waals surface area contributed by atoms with Crippen molar-refractivity contribution in [3.05, 3.63) is 0 Å². The summed E-state index contributed by atoms with van der Waals surface area (Å²) in [5.41, 5.74) is 0. The Morgan fingerprint density at radius 1 is 1.17 bits per heavy atom. The van der Waals surface area contributed by atoms with E-state index in [2.05, 4.69) is 24.1 Å². The molecule has 0 aromatic carbocycles. The van der Waals surface area contributed by atoms with E-state index >= 15 is 0 Å². The maximum Gasteiger partial charge on any atom is 0.401 e. The van der Waals surface area contributed by atoms with Gasteiger partial charge in [-0.2, -0.15) is 13.2 Å². The third kappa shape index (κ3) is 4.74. The molecule has 1 aliphatic heterocycles. The van der Waals surface area contributed by atoms with Gasteiger partial charge in [-0.15, -0.1) is 0 Å². The normalized spacial score (nSPS) is 23.0. The van der Waals surface area contributed by atoms with Gasteiger partial charge in [-0.3, -0.25) is 9.80 Å². The number of halogens is 3. The molecule has 0 radical (unpaired) electrons. The first-order valence-electron chi connectivity index (χ1n) is 6.57. The highest BCUT2D eigenvalue weighted by molar-refractivity contribution is 4.83. The van der Waals surface area contributed by atoms with Gasteiger partial charge in [0.1, 0.15) is 0 Å². The van der Waals surface area contributed by atoms with Crippen LogP contribution in [0.2, 0.25) is 0 Å². The van der Waals surface area contributed by atoms with Gasteiger partial charge in [0.2, 0.25) is 0 Å². The van der Waals surface area contributed by atoms with Gasteiger partial charge in [-0.05, 0) is 20.4 Å². The molecule has 108 valence electrons. The number of nitrogens with one attached hydrogen (secondary N) is 1. The van der Waals surface area contributed by atoms with Crippen molar-refractivity contribution in [2.45, 2.75) is 38.5 Å². The van der Waals surface area contributed by atoms with Crippen LogP contribution in [0.25, 0.3) is 0 Å². The Hall–Kier alpha value is -0.330.